The summed E-state index contributed by atoms with van der Waals surface area (Å²) in [4.78, 5) is 27.1. The predicted molar refractivity (Wildman–Crippen MR) is 93.7 cm³/mol. The summed E-state index contributed by atoms with van der Waals surface area (Å²) in [6.07, 6.45) is -1.47. The first kappa shape index (κ1) is 17.8. The fraction of sp³-hybridized carbons (Fsp3) is 0.375. The van der Waals surface area contributed by atoms with Crippen LogP contribution in [0.4, 0.5) is 4.39 Å². The molecule has 2 aliphatic heterocycles. The lowest BCUT2D eigenvalue weighted by Crippen LogP contribution is -2.34. The molecule has 1 fully saturated rings. The highest BCUT2D eigenvalue weighted by Gasteiger charge is 2.37. The van der Waals surface area contributed by atoms with Gasteiger partial charge in [0.2, 0.25) is 5.82 Å². The van der Waals surface area contributed by atoms with Crippen molar-refractivity contribution in [3.63, 3.8) is 0 Å². The number of rotatable bonds is 4. The van der Waals surface area contributed by atoms with Gasteiger partial charge in [-0.1, -0.05) is 35.7 Å². The number of thioether (sulfide) groups is 2. The Hall–Kier alpha value is -1.59. The Morgan fingerprint density at radius 2 is 2.00 bits per heavy atom. The second kappa shape index (κ2) is 7.20. The molecule has 2 aliphatic rings. The van der Waals surface area contributed by atoms with Crippen LogP contribution in [0.5, 0.6) is 0 Å². The highest BCUT2D eigenvalue weighted by Crippen LogP contribution is 2.48. The number of H-pyrrole nitrogens is 1. The van der Waals surface area contributed by atoms with Crippen LogP contribution in [-0.4, -0.2) is 38.2 Å². The zero-order chi connectivity index (χ0) is 18.3. The number of ether oxygens (including phenoxy) is 2. The Morgan fingerprint density at radius 1 is 1.31 bits per heavy atom. The van der Waals surface area contributed by atoms with Gasteiger partial charge >= 0.3 is 5.69 Å². The molecule has 3 heterocycles. The average molecular weight is 398 g/mol. The first-order valence-corrected chi connectivity index (χ1v) is 9.65. The van der Waals surface area contributed by atoms with Crippen LogP contribution in [-0.2, 0) is 9.47 Å². The van der Waals surface area contributed by atoms with Crippen molar-refractivity contribution in [1.82, 2.24) is 9.55 Å². The largest absolute Gasteiger partial charge is 0.390 e. The third-order valence-electron chi connectivity index (χ3n) is 4.13. The van der Waals surface area contributed by atoms with E-state index in [0.29, 0.717) is 0 Å². The number of nitrogens with one attached hydrogen (secondary N) is 1. The van der Waals surface area contributed by atoms with Crippen LogP contribution in [0.25, 0.3) is 0 Å². The molecule has 0 spiro atoms. The van der Waals surface area contributed by atoms with Crippen molar-refractivity contribution in [2.45, 2.75) is 39.4 Å². The van der Waals surface area contributed by atoms with Gasteiger partial charge < -0.3 is 14.6 Å². The number of aromatic amines is 1. The summed E-state index contributed by atoms with van der Waals surface area (Å²) in [6, 6.07) is 7.96. The van der Waals surface area contributed by atoms with Crippen LogP contribution in [0, 0.1) is 5.82 Å². The van der Waals surface area contributed by atoms with Gasteiger partial charge in [-0.15, -0.1) is 0 Å². The minimum atomic E-state index is -1.08. The van der Waals surface area contributed by atoms with Crippen molar-refractivity contribution < 1.29 is 19.0 Å². The highest BCUT2D eigenvalue weighted by molar-refractivity contribution is 8.19. The molecule has 26 heavy (non-hydrogen) atoms. The summed E-state index contributed by atoms with van der Waals surface area (Å²) in [5, 5.41) is 10.2. The molecule has 0 unspecified atom stereocenters. The van der Waals surface area contributed by atoms with Crippen LogP contribution < -0.4 is 11.2 Å². The number of nitrogens with zero attached hydrogens (tertiary/aromatic N) is 1. The monoisotopic (exact) mass is 398 g/mol. The predicted octanol–water partition coefficient (Wildman–Crippen LogP) is 1.52. The average Bonchev–Trinajstić information content (AvgIpc) is 3.19. The molecule has 7 nitrogen and oxygen atoms in total. The highest BCUT2D eigenvalue weighted by atomic mass is 32.2. The minimum Gasteiger partial charge on any atom is -0.390 e. The number of aromatic nitrogens is 2. The van der Waals surface area contributed by atoms with Crippen molar-refractivity contribution in [1.29, 1.82) is 0 Å². The van der Waals surface area contributed by atoms with Crippen molar-refractivity contribution in [2.75, 3.05) is 6.61 Å². The van der Waals surface area contributed by atoms with E-state index in [2.05, 4.69) is 0 Å². The van der Waals surface area contributed by atoms with E-state index < -0.39 is 35.5 Å². The maximum Gasteiger partial charge on any atom is 0.330 e. The van der Waals surface area contributed by atoms with E-state index in [1.165, 1.54) is 0 Å². The van der Waals surface area contributed by atoms with Gasteiger partial charge in [0.1, 0.15) is 12.3 Å². The van der Waals surface area contributed by atoms with E-state index >= 15 is 0 Å². The van der Waals surface area contributed by atoms with Crippen LogP contribution in [0.2, 0.25) is 0 Å². The van der Waals surface area contributed by atoms with E-state index in [-0.39, 0.29) is 17.8 Å². The first-order chi connectivity index (χ1) is 12.5. The second-order valence-corrected chi connectivity index (χ2v) is 8.39. The maximum absolute atomic E-state index is 13.4. The molecule has 1 saturated heterocycles. The number of aliphatic hydroxyl groups is 1. The van der Waals surface area contributed by atoms with E-state index in [9.17, 15) is 19.1 Å². The summed E-state index contributed by atoms with van der Waals surface area (Å²) in [5.41, 5.74) is -1.87. The maximum atomic E-state index is 13.4. The Kier molecular flexibility index (Phi) is 4.93. The molecule has 4 rings (SSSR count). The molecule has 10 heteroatoms. The molecule has 1 aromatic heterocycles. The van der Waals surface area contributed by atoms with Crippen molar-refractivity contribution in [3.8, 4) is 0 Å². The fourth-order valence-corrected chi connectivity index (χ4v) is 5.32. The summed E-state index contributed by atoms with van der Waals surface area (Å²) >= 11 is 3.17. The lowest BCUT2D eigenvalue weighted by molar-refractivity contribution is -0.0598. The molecular weight excluding hydrogens is 383 g/mol. The number of fused-ring (bicyclic) bond motifs is 1. The number of aliphatic hydroxyl groups excluding tert-OH is 1. The van der Waals surface area contributed by atoms with E-state index in [1.807, 2.05) is 29.2 Å². The van der Waals surface area contributed by atoms with Gasteiger partial charge in [-0.05, 0) is 12.1 Å². The SMILES string of the molecule is O=c1[nH]c(=O)n([C@H]2C[C@H](O)[C@@H](COC3Sc4ccccc4S3)O2)cc1F. The van der Waals surface area contributed by atoms with E-state index in [4.69, 9.17) is 9.47 Å². The second-order valence-electron chi connectivity index (χ2n) is 5.88. The Morgan fingerprint density at radius 3 is 2.69 bits per heavy atom. The summed E-state index contributed by atoms with van der Waals surface area (Å²) in [5.74, 6) is -1.08. The summed E-state index contributed by atoms with van der Waals surface area (Å²) in [6.45, 7) is 0.136. The number of benzene rings is 1. The molecule has 0 aliphatic carbocycles. The Labute approximate surface area is 155 Å². The van der Waals surface area contributed by atoms with Gasteiger partial charge in [0.05, 0.1) is 18.9 Å². The zero-order valence-corrected chi connectivity index (χ0v) is 15.0. The van der Waals surface area contributed by atoms with Gasteiger partial charge in [0.15, 0.2) is 4.77 Å². The minimum absolute atomic E-state index is 0.102. The third kappa shape index (κ3) is 3.47. The molecule has 0 amide bonds. The lowest BCUT2D eigenvalue weighted by atomic mass is 10.2. The van der Waals surface area contributed by atoms with Crippen molar-refractivity contribution in [2.24, 2.45) is 0 Å². The molecule has 0 saturated carbocycles. The van der Waals surface area contributed by atoms with Crippen LogP contribution in [0.3, 0.4) is 0 Å². The van der Waals surface area contributed by atoms with Crippen LogP contribution in [0.1, 0.15) is 12.6 Å². The van der Waals surface area contributed by atoms with Crippen molar-refractivity contribution in [3.05, 3.63) is 57.1 Å². The zero-order valence-electron chi connectivity index (χ0n) is 13.3. The van der Waals surface area contributed by atoms with Crippen LogP contribution >= 0.6 is 23.5 Å². The Balaban J connectivity index is 1.38. The van der Waals surface area contributed by atoms with Gasteiger partial charge in [-0.2, -0.15) is 4.39 Å². The molecule has 0 bridgehead atoms. The normalized spacial score (nSPS) is 25.5. The molecule has 138 valence electrons. The van der Waals surface area contributed by atoms with E-state index in [1.54, 1.807) is 23.5 Å². The Bertz CT molecular complexity index is 908. The summed E-state index contributed by atoms with van der Waals surface area (Å²) < 4.78 is 25.7. The van der Waals surface area contributed by atoms with E-state index in [0.717, 1.165) is 20.6 Å². The molecule has 3 atom stereocenters. The molecule has 1 aromatic carbocycles. The molecular formula is C16H15FN2O5S2. The number of hydrogen-bond acceptors (Lipinski definition) is 7. The van der Waals surface area contributed by atoms with Gasteiger partial charge in [-0.3, -0.25) is 14.3 Å². The first-order valence-electron chi connectivity index (χ1n) is 7.89. The molecule has 2 aromatic rings. The molecule has 0 radical (unpaired) electrons. The van der Waals surface area contributed by atoms with Gasteiger partial charge in [-0.25, -0.2) is 4.79 Å². The fourth-order valence-electron chi connectivity index (χ4n) is 2.83. The van der Waals surface area contributed by atoms with Gasteiger partial charge in [0.25, 0.3) is 5.56 Å². The standard InChI is InChI=1S/C16H15FN2O5S2/c17-8-6-19(15(22)18-14(8)21)13-5-9(20)10(24-13)7-23-16-25-11-3-1-2-4-12(11)26-16/h1-4,6,9-10,13,16,20H,5,7H2,(H,18,21,22)/t9-,10+,13+/m0/s1. The quantitative estimate of drug-likeness (QED) is 0.807. The van der Waals surface area contributed by atoms with Gasteiger partial charge in [0, 0.05) is 16.2 Å². The number of hydrogen-bond donors (Lipinski definition) is 2. The number of halogens is 1. The third-order valence-corrected chi connectivity index (χ3v) is 6.71. The van der Waals surface area contributed by atoms with Crippen LogP contribution in [0.15, 0.2) is 49.8 Å². The lowest BCUT2D eigenvalue weighted by Gasteiger charge is -2.18. The smallest absolute Gasteiger partial charge is 0.330 e. The topological polar surface area (TPSA) is 93.6 Å². The molecule has 2 N–H and O–H groups in total. The van der Waals surface area contributed by atoms with Crippen molar-refractivity contribution >= 4 is 23.5 Å². The summed E-state index contributed by atoms with van der Waals surface area (Å²) in [7, 11) is 0.